The average molecular weight is 446 g/mol. The summed E-state index contributed by atoms with van der Waals surface area (Å²) in [7, 11) is 1.56. The van der Waals surface area contributed by atoms with Gasteiger partial charge in [-0.05, 0) is 49.2 Å². The molecule has 3 aromatic rings. The summed E-state index contributed by atoms with van der Waals surface area (Å²) >= 11 is 6.15. The summed E-state index contributed by atoms with van der Waals surface area (Å²) in [5.74, 6) is 1.44. The highest BCUT2D eigenvalue weighted by molar-refractivity contribution is 6.31. The Bertz CT molecular complexity index is 1100. The molecule has 9 heteroatoms. The van der Waals surface area contributed by atoms with Crippen LogP contribution in [0.4, 0.5) is 4.39 Å². The summed E-state index contributed by atoms with van der Waals surface area (Å²) in [6, 6.07) is 9.13. The van der Waals surface area contributed by atoms with Crippen molar-refractivity contribution in [2.45, 2.75) is 32.4 Å². The van der Waals surface area contributed by atoms with Crippen molar-refractivity contribution >= 4 is 17.5 Å². The third kappa shape index (κ3) is 4.34. The van der Waals surface area contributed by atoms with Crippen molar-refractivity contribution in [3.8, 4) is 22.9 Å². The van der Waals surface area contributed by atoms with Crippen molar-refractivity contribution in [1.29, 1.82) is 0 Å². The minimum Gasteiger partial charge on any atom is -0.493 e. The molecule has 162 valence electrons. The highest BCUT2D eigenvalue weighted by atomic mass is 35.5. The Balaban J connectivity index is 1.58. The third-order valence-electron chi connectivity index (χ3n) is 5.13. The number of benzene rings is 2. The van der Waals surface area contributed by atoms with Crippen LogP contribution in [-0.2, 0) is 11.3 Å². The molecule has 1 aromatic heterocycles. The van der Waals surface area contributed by atoms with Crippen LogP contribution >= 0.6 is 11.6 Å². The molecule has 2 heterocycles. The molecule has 1 fully saturated rings. The molecule has 7 nitrogen and oxygen atoms in total. The largest absolute Gasteiger partial charge is 0.493 e. The molecule has 0 N–H and O–H groups in total. The Morgan fingerprint density at radius 3 is 2.84 bits per heavy atom. The van der Waals surface area contributed by atoms with E-state index in [1.165, 1.54) is 12.1 Å². The van der Waals surface area contributed by atoms with Crippen LogP contribution in [0.2, 0.25) is 5.02 Å². The zero-order valence-corrected chi connectivity index (χ0v) is 17.9. The number of ether oxygens (including phenoxy) is 2. The summed E-state index contributed by atoms with van der Waals surface area (Å²) in [5.41, 5.74) is 1.35. The lowest BCUT2D eigenvalue weighted by Gasteiger charge is -2.22. The number of likely N-dealkylation sites (tertiary alicyclic amines) is 1. The molecule has 1 unspecified atom stereocenters. The maximum atomic E-state index is 13.4. The molecule has 2 aromatic carbocycles. The minimum atomic E-state index is -0.426. The molecule has 1 aliphatic heterocycles. The van der Waals surface area contributed by atoms with Gasteiger partial charge in [0.05, 0.1) is 13.7 Å². The van der Waals surface area contributed by atoms with E-state index in [-0.39, 0.29) is 23.5 Å². The Morgan fingerprint density at radius 2 is 2.10 bits per heavy atom. The van der Waals surface area contributed by atoms with Gasteiger partial charge >= 0.3 is 0 Å². The van der Waals surface area contributed by atoms with Gasteiger partial charge in [0.25, 0.3) is 0 Å². The summed E-state index contributed by atoms with van der Waals surface area (Å²) in [6.45, 7) is 2.65. The van der Waals surface area contributed by atoms with E-state index in [2.05, 4.69) is 10.1 Å². The first kappa shape index (κ1) is 21.1. The van der Waals surface area contributed by atoms with E-state index >= 15 is 0 Å². The lowest BCUT2D eigenvalue weighted by molar-refractivity contribution is -0.129. The maximum absolute atomic E-state index is 13.4. The molecule has 0 saturated carbocycles. The van der Waals surface area contributed by atoms with Crippen LogP contribution in [0.5, 0.6) is 11.5 Å². The first-order chi connectivity index (χ1) is 15.0. The van der Waals surface area contributed by atoms with Crippen LogP contribution < -0.4 is 9.47 Å². The second-order valence-corrected chi connectivity index (χ2v) is 7.47. The molecule has 0 radical (unpaired) electrons. The molecule has 4 rings (SSSR count). The Morgan fingerprint density at radius 1 is 1.26 bits per heavy atom. The number of rotatable bonds is 7. The summed E-state index contributed by atoms with van der Waals surface area (Å²) < 4.78 is 29.8. The number of carbonyl (C=O) groups excluding carboxylic acids is 1. The van der Waals surface area contributed by atoms with Crippen LogP contribution in [0.3, 0.4) is 0 Å². The monoisotopic (exact) mass is 445 g/mol. The lowest BCUT2D eigenvalue weighted by atomic mass is 10.1. The number of methoxy groups -OCH3 is 1. The number of hydrogen-bond donors (Lipinski definition) is 0. The van der Waals surface area contributed by atoms with Crippen LogP contribution in [0.1, 0.15) is 37.3 Å². The van der Waals surface area contributed by atoms with E-state index in [1.54, 1.807) is 30.2 Å². The quantitative estimate of drug-likeness (QED) is 0.520. The van der Waals surface area contributed by atoms with Crippen molar-refractivity contribution in [2.24, 2.45) is 0 Å². The number of amides is 1. The highest BCUT2D eigenvalue weighted by Crippen LogP contribution is 2.36. The summed E-state index contributed by atoms with van der Waals surface area (Å²) in [6.07, 6.45) is 0.907. The fraction of sp³-hybridized carbons (Fsp3) is 0.318. The highest BCUT2D eigenvalue weighted by Gasteiger charge is 2.36. The van der Waals surface area contributed by atoms with Crippen LogP contribution in [0, 0.1) is 5.82 Å². The van der Waals surface area contributed by atoms with E-state index in [0.717, 1.165) is 0 Å². The maximum Gasteiger partial charge on any atom is 0.249 e. The summed E-state index contributed by atoms with van der Waals surface area (Å²) in [5, 5.41) is 4.35. The van der Waals surface area contributed by atoms with Gasteiger partial charge in [0.2, 0.25) is 17.6 Å². The molecule has 31 heavy (non-hydrogen) atoms. The standard InChI is InChI=1S/C22H21ClFN3O4/c1-3-30-18-8-5-13(10-19(18)29-2)21-25-22(31-26-21)17-7-9-20(28)27(17)12-14-4-6-15(24)11-16(14)23/h4-6,8,10-11,17H,3,7,9,12H2,1-2H3. The molecule has 1 saturated heterocycles. The van der Waals surface area contributed by atoms with E-state index in [4.69, 9.17) is 25.6 Å². The molecule has 1 atom stereocenters. The van der Waals surface area contributed by atoms with E-state index in [0.29, 0.717) is 53.8 Å². The van der Waals surface area contributed by atoms with Gasteiger partial charge in [0, 0.05) is 23.6 Å². The minimum absolute atomic E-state index is 0.0483. The molecule has 0 aliphatic carbocycles. The van der Waals surface area contributed by atoms with Gasteiger partial charge in [-0.15, -0.1) is 0 Å². The number of carbonyl (C=O) groups is 1. The SMILES string of the molecule is CCOc1ccc(-c2noc(C3CCC(=O)N3Cc3ccc(F)cc3Cl)n2)cc1OC. The van der Waals surface area contributed by atoms with Crippen molar-refractivity contribution < 1.29 is 23.2 Å². The number of hydrogen-bond acceptors (Lipinski definition) is 6. The number of halogens is 2. The average Bonchev–Trinajstić information content (AvgIpc) is 3.38. The summed E-state index contributed by atoms with van der Waals surface area (Å²) in [4.78, 5) is 18.6. The molecule has 1 amide bonds. The predicted molar refractivity (Wildman–Crippen MR) is 111 cm³/mol. The Hall–Kier alpha value is -3.13. The lowest BCUT2D eigenvalue weighted by Crippen LogP contribution is -2.27. The molecular weight excluding hydrogens is 425 g/mol. The van der Waals surface area contributed by atoms with Gasteiger partial charge in [0.15, 0.2) is 11.5 Å². The van der Waals surface area contributed by atoms with Crippen LogP contribution in [0.15, 0.2) is 40.9 Å². The predicted octanol–water partition coefficient (Wildman–Crippen LogP) is 4.80. The second-order valence-electron chi connectivity index (χ2n) is 7.07. The zero-order chi connectivity index (χ0) is 22.0. The fourth-order valence-electron chi connectivity index (χ4n) is 3.59. The third-order valence-corrected chi connectivity index (χ3v) is 5.48. The Kier molecular flexibility index (Phi) is 6.08. The van der Waals surface area contributed by atoms with Crippen LogP contribution in [-0.4, -0.2) is 34.7 Å². The fourth-order valence-corrected chi connectivity index (χ4v) is 3.82. The van der Waals surface area contributed by atoms with Gasteiger partial charge in [-0.25, -0.2) is 4.39 Å². The topological polar surface area (TPSA) is 77.7 Å². The smallest absolute Gasteiger partial charge is 0.249 e. The first-order valence-electron chi connectivity index (χ1n) is 9.88. The van der Waals surface area contributed by atoms with E-state index in [1.807, 2.05) is 13.0 Å². The van der Waals surface area contributed by atoms with Gasteiger partial charge in [0.1, 0.15) is 11.9 Å². The first-order valence-corrected chi connectivity index (χ1v) is 10.3. The molecule has 1 aliphatic rings. The van der Waals surface area contributed by atoms with E-state index in [9.17, 15) is 9.18 Å². The van der Waals surface area contributed by atoms with Gasteiger partial charge in [-0.2, -0.15) is 4.98 Å². The van der Waals surface area contributed by atoms with Crippen LogP contribution in [0.25, 0.3) is 11.4 Å². The number of aromatic nitrogens is 2. The normalized spacial score (nSPS) is 16.1. The van der Waals surface area contributed by atoms with Crippen molar-refractivity contribution in [3.05, 3.63) is 58.7 Å². The van der Waals surface area contributed by atoms with Gasteiger partial charge < -0.3 is 18.9 Å². The second kappa shape index (κ2) is 8.93. The van der Waals surface area contributed by atoms with Crippen molar-refractivity contribution in [3.63, 3.8) is 0 Å². The Labute approximate surface area is 183 Å². The number of nitrogens with zero attached hydrogens (tertiary/aromatic N) is 3. The van der Waals surface area contributed by atoms with Gasteiger partial charge in [-0.1, -0.05) is 22.8 Å². The van der Waals surface area contributed by atoms with E-state index < -0.39 is 5.82 Å². The zero-order valence-electron chi connectivity index (χ0n) is 17.1. The van der Waals surface area contributed by atoms with Gasteiger partial charge in [-0.3, -0.25) is 4.79 Å². The molecular formula is C22H21ClFN3O4. The molecule has 0 spiro atoms. The molecule has 0 bridgehead atoms. The van der Waals surface area contributed by atoms with Crippen molar-refractivity contribution in [1.82, 2.24) is 15.0 Å². The van der Waals surface area contributed by atoms with Crippen molar-refractivity contribution in [2.75, 3.05) is 13.7 Å².